The Bertz CT molecular complexity index is 928. The predicted octanol–water partition coefficient (Wildman–Crippen LogP) is 4.69. The maximum atomic E-state index is 12.7. The van der Waals surface area contributed by atoms with Crippen LogP contribution in [0, 0.1) is 0 Å². The summed E-state index contributed by atoms with van der Waals surface area (Å²) in [4.78, 5) is 24.0. The molecule has 0 heterocycles. The van der Waals surface area contributed by atoms with Crippen LogP contribution >= 0.6 is 0 Å². The number of amides is 1. The molecule has 2 aromatic carbocycles. The number of anilines is 1. The van der Waals surface area contributed by atoms with Crippen LogP contribution in [0.15, 0.2) is 36.4 Å². The quantitative estimate of drug-likeness (QED) is 0.734. The highest BCUT2D eigenvalue weighted by atomic mass is 16.4. The van der Waals surface area contributed by atoms with E-state index >= 15 is 0 Å². The van der Waals surface area contributed by atoms with Crippen LogP contribution < -0.4 is 5.32 Å². The molecule has 142 valence electrons. The first-order valence-corrected chi connectivity index (χ1v) is 9.04. The number of hydrogen-bond acceptors (Lipinski definition) is 3. The van der Waals surface area contributed by atoms with Gasteiger partial charge in [0.2, 0.25) is 0 Å². The number of carboxylic acid groups (broad SMARTS) is 1. The molecule has 0 unspecified atom stereocenters. The zero-order valence-electron chi connectivity index (χ0n) is 16.1. The number of aromatic carboxylic acids is 1. The van der Waals surface area contributed by atoms with Gasteiger partial charge in [0.25, 0.3) is 5.91 Å². The number of phenols is 1. The Morgan fingerprint density at radius 1 is 0.963 bits per heavy atom. The fraction of sp³-hybridized carbons (Fsp3) is 0.364. The minimum atomic E-state index is -1.16. The van der Waals surface area contributed by atoms with E-state index in [0.717, 1.165) is 24.0 Å². The molecule has 0 atom stereocenters. The van der Waals surface area contributed by atoms with Crippen LogP contribution in [0.4, 0.5) is 5.69 Å². The van der Waals surface area contributed by atoms with Gasteiger partial charge < -0.3 is 15.5 Å². The molecular weight excluding hydrogens is 342 g/mol. The number of carboxylic acids is 1. The van der Waals surface area contributed by atoms with E-state index in [9.17, 15) is 19.8 Å². The molecule has 0 bridgehead atoms. The van der Waals surface area contributed by atoms with Gasteiger partial charge >= 0.3 is 5.97 Å². The molecule has 2 aromatic rings. The molecule has 3 N–H and O–H groups in total. The molecule has 5 heteroatoms. The molecule has 0 aliphatic heterocycles. The van der Waals surface area contributed by atoms with Crippen LogP contribution in [-0.4, -0.2) is 22.1 Å². The number of phenolic OH excluding ortho intramolecular Hbond substituents is 1. The zero-order valence-corrected chi connectivity index (χ0v) is 16.1. The second kappa shape index (κ2) is 6.41. The Morgan fingerprint density at radius 2 is 1.56 bits per heavy atom. The van der Waals surface area contributed by atoms with E-state index in [2.05, 4.69) is 33.0 Å². The van der Waals surface area contributed by atoms with Gasteiger partial charge in [0.05, 0.1) is 11.1 Å². The van der Waals surface area contributed by atoms with Crippen LogP contribution in [-0.2, 0) is 10.8 Å². The first-order chi connectivity index (χ1) is 12.5. The van der Waals surface area contributed by atoms with Crippen molar-refractivity contribution in [3.8, 4) is 5.75 Å². The number of benzene rings is 2. The van der Waals surface area contributed by atoms with Gasteiger partial charge in [-0.15, -0.1) is 0 Å². The molecule has 27 heavy (non-hydrogen) atoms. The van der Waals surface area contributed by atoms with E-state index in [0.29, 0.717) is 5.69 Å². The summed E-state index contributed by atoms with van der Waals surface area (Å²) < 4.78 is 0. The number of nitrogens with one attached hydrogen (secondary N) is 1. The number of fused-ring (bicyclic) bond motifs is 1. The maximum Gasteiger partial charge on any atom is 0.336 e. The van der Waals surface area contributed by atoms with Crippen molar-refractivity contribution in [2.75, 3.05) is 5.32 Å². The molecule has 0 saturated heterocycles. The zero-order chi connectivity index (χ0) is 20.0. The number of carbonyl (C=O) groups excluding carboxylic acids is 1. The number of hydrogen-bond donors (Lipinski definition) is 3. The van der Waals surface area contributed by atoms with Gasteiger partial charge in [-0.3, -0.25) is 4.79 Å². The van der Waals surface area contributed by atoms with Gasteiger partial charge in [-0.1, -0.05) is 39.8 Å². The fourth-order valence-electron chi connectivity index (χ4n) is 3.89. The van der Waals surface area contributed by atoms with Crippen LogP contribution in [0.3, 0.4) is 0 Å². The molecule has 0 spiro atoms. The summed E-state index contributed by atoms with van der Waals surface area (Å²) in [5, 5.41) is 22.7. The molecule has 1 aliphatic rings. The van der Waals surface area contributed by atoms with Crippen molar-refractivity contribution >= 4 is 17.6 Å². The third-order valence-electron chi connectivity index (χ3n) is 5.56. The monoisotopic (exact) mass is 367 g/mol. The van der Waals surface area contributed by atoms with Crippen molar-refractivity contribution in [1.82, 2.24) is 0 Å². The summed E-state index contributed by atoms with van der Waals surface area (Å²) in [6.07, 6.45) is 1.95. The summed E-state index contributed by atoms with van der Waals surface area (Å²) in [5.41, 5.74) is 2.15. The Hall–Kier alpha value is -2.82. The van der Waals surface area contributed by atoms with Crippen LogP contribution in [0.25, 0.3) is 0 Å². The molecule has 3 rings (SSSR count). The molecule has 5 nitrogen and oxygen atoms in total. The van der Waals surface area contributed by atoms with Crippen molar-refractivity contribution in [2.24, 2.45) is 0 Å². The molecule has 0 fully saturated rings. The largest absolute Gasteiger partial charge is 0.508 e. The van der Waals surface area contributed by atoms with Crippen LogP contribution in [0.1, 0.15) is 72.4 Å². The second-order valence-electron chi connectivity index (χ2n) is 8.49. The summed E-state index contributed by atoms with van der Waals surface area (Å²) in [6, 6.07) is 9.52. The fourth-order valence-corrected chi connectivity index (χ4v) is 3.89. The molecule has 0 aromatic heterocycles. The Morgan fingerprint density at radius 3 is 2.19 bits per heavy atom. The second-order valence-corrected chi connectivity index (χ2v) is 8.49. The van der Waals surface area contributed by atoms with Gasteiger partial charge in [-0.25, -0.2) is 4.79 Å². The number of aromatic hydroxyl groups is 1. The SMILES string of the molecule is CC1(C)CCC(C)(C)c2c(O)cc(NC(=O)c3ccccc3C(=O)O)cc21. The van der Waals surface area contributed by atoms with Crippen molar-refractivity contribution in [3.05, 3.63) is 58.7 Å². The molecule has 1 amide bonds. The Kier molecular flexibility index (Phi) is 4.50. The lowest BCUT2D eigenvalue weighted by Crippen LogP contribution is -2.34. The maximum absolute atomic E-state index is 12.7. The lowest BCUT2D eigenvalue weighted by molar-refractivity contribution is 0.0692. The van der Waals surface area contributed by atoms with Gasteiger partial charge in [-0.05, 0) is 47.4 Å². The topological polar surface area (TPSA) is 86.6 Å². The highest BCUT2D eigenvalue weighted by Crippen LogP contribution is 2.50. The molecule has 0 radical (unpaired) electrons. The van der Waals surface area contributed by atoms with E-state index < -0.39 is 11.9 Å². The minimum absolute atomic E-state index is 0.0568. The summed E-state index contributed by atoms with van der Waals surface area (Å²) >= 11 is 0. The Balaban J connectivity index is 2.02. The van der Waals surface area contributed by atoms with Crippen molar-refractivity contribution in [1.29, 1.82) is 0 Å². The predicted molar refractivity (Wildman–Crippen MR) is 105 cm³/mol. The van der Waals surface area contributed by atoms with E-state index in [4.69, 9.17) is 0 Å². The average Bonchev–Trinajstić information content (AvgIpc) is 2.58. The molecule has 0 saturated carbocycles. The summed E-state index contributed by atoms with van der Waals surface area (Å²) in [6.45, 7) is 8.49. The standard InChI is InChI=1S/C22H25NO4/c1-21(2)9-10-22(3,4)18-16(21)11-13(12-17(18)24)23-19(25)14-7-5-6-8-15(14)20(26)27/h5-8,11-12,24H,9-10H2,1-4H3,(H,23,25)(H,26,27). The summed E-state index contributed by atoms with van der Waals surface area (Å²) in [5.74, 6) is -1.51. The van der Waals surface area contributed by atoms with Gasteiger partial charge in [0.1, 0.15) is 5.75 Å². The smallest absolute Gasteiger partial charge is 0.336 e. The number of carbonyl (C=O) groups is 2. The van der Waals surface area contributed by atoms with Crippen LogP contribution in [0.2, 0.25) is 0 Å². The minimum Gasteiger partial charge on any atom is -0.508 e. The van der Waals surface area contributed by atoms with Crippen molar-refractivity contribution in [3.63, 3.8) is 0 Å². The van der Waals surface area contributed by atoms with Gasteiger partial charge in [-0.2, -0.15) is 0 Å². The average molecular weight is 367 g/mol. The Labute approximate surface area is 159 Å². The van der Waals surface area contributed by atoms with Crippen molar-refractivity contribution < 1.29 is 19.8 Å². The van der Waals surface area contributed by atoms with E-state index in [1.807, 2.05) is 6.07 Å². The van der Waals surface area contributed by atoms with Crippen molar-refractivity contribution in [2.45, 2.75) is 51.4 Å². The van der Waals surface area contributed by atoms with Gasteiger partial charge in [0, 0.05) is 17.3 Å². The normalized spacial score (nSPS) is 17.0. The first kappa shape index (κ1) is 19.0. The lowest BCUT2D eigenvalue weighted by Gasteiger charge is -2.42. The van der Waals surface area contributed by atoms with Crippen LogP contribution in [0.5, 0.6) is 5.75 Å². The molecule has 1 aliphatic carbocycles. The highest BCUT2D eigenvalue weighted by Gasteiger charge is 2.39. The van der Waals surface area contributed by atoms with E-state index in [1.54, 1.807) is 18.2 Å². The third kappa shape index (κ3) is 3.42. The van der Waals surface area contributed by atoms with E-state index in [1.165, 1.54) is 12.1 Å². The lowest BCUT2D eigenvalue weighted by atomic mass is 9.63. The number of rotatable bonds is 3. The highest BCUT2D eigenvalue weighted by molar-refractivity contribution is 6.10. The summed E-state index contributed by atoms with van der Waals surface area (Å²) in [7, 11) is 0. The van der Waals surface area contributed by atoms with E-state index in [-0.39, 0.29) is 27.7 Å². The van der Waals surface area contributed by atoms with Gasteiger partial charge in [0.15, 0.2) is 0 Å². The third-order valence-corrected chi connectivity index (χ3v) is 5.56. The first-order valence-electron chi connectivity index (χ1n) is 9.04. The molecular formula is C22H25NO4.